The Morgan fingerprint density at radius 1 is 1.12 bits per heavy atom. The quantitative estimate of drug-likeness (QED) is 0.295. The fourth-order valence-electron chi connectivity index (χ4n) is 7.02. The van der Waals surface area contributed by atoms with Crippen molar-refractivity contribution in [3.63, 3.8) is 0 Å². The molecule has 214 valence electrons. The summed E-state index contributed by atoms with van der Waals surface area (Å²) in [6.07, 6.45) is 9.51. The molecule has 4 atom stereocenters. The molecule has 3 aliphatic rings. The third-order valence-corrected chi connectivity index (χ3v) is 8.98. The molecule has 2 amide bonds. The monoisotopic (exact) mass is 548 g/mol. The van der Waals surface area contributed by atoms with Gasteiger partial charge in [-0.05, 0) is 80.0 Å². The van der Waals surface area contributed by atoms with Crippen molar-refractivity contribution in [2.24, 2.45) is 17.8 Å². The Labute approximate surface area is 235 Å². The lowest BCUT2D eigenvalue weighted by Crippen LogP contribution is -2.42. The number of fused-ring (bicyclic) bond motifs is 1. The SMILES string of the molecule is CCC1=C([C@H](O)CC/C(=C/c2ccc(CO)o2)c2ccccn2)[C@H](CO)[C@@H]2C(=O)N(C3CCCCC3)C(=O)[C@@H]2C1. The van der Waals surface area contributed by atoms with Gasteiger partial charge in [-0.2, -0.15) is 0 Å². The molecule has 2 fully saturated rings. The summed E-state index contributed by atoms with van der Waals surface area (Å²) in [6, 6.07) is 9.09. The van der Waals surface area contributed by atoms with Crippen molar-refractivity contribution < 1.29 is 29.3 Å². The van der Waals surface area contributed by atoms with E-state index in [4.69, 9.17) is 4.42 Å². The summed E-state index contributed by atoms with van der Waals surface area (Å²) in [4.78, 5) is 33.2. The fourth-order valence-corrected chi connectivity index (χ4v) is 7.02. The van der Waals surface area contributed by atoms with E-state index in [-0.39, 0.29) is 31.1 Å². The van der Waals surface area contributed by atoms with E-state index in [1.54, 1.807) is 18.3 Å². The van der Waals surface area contributed by atoms with Crippen LogP contribution >= 0.6 is 0 Å². The van der Waals surface area contributed by atoms with E-state index >= 15 is 0 Å². The third-order valence-electron chi connectivity index (χ3n) is 8.98. The van der Waals surface area contributed by atoms with Gasteiger partial charge in [0.15, 0.2) is 0 Å². The van der Waals surface area contributed by atoms with Gasteiger partial charge in [-0.3, -0.25) is 19.5 Å². The maximum Gasteiger partial charge on any atom is 0.234 e. The number of carbonyl (C=O) groups excluding carboxylic acids is 2. The molecule has 2 aliphatic carbocycles. The van der Waals surface area contributed by atoms with Gasteiger partial charge >= 0.3 is 0 Å². The number of carbonyl (C=O) groups is 2. The summed E-state index contributed by atoms with van der Waals surface area (Å²) < 4.78 is 5.67. The van der Waals surface area contributed by atoms with E-state index in [0.29, 0.717) is 37.2 Å². The van der Waals surface area contributed by atoms with E-state index in [1.807, 2.05) is 31.2 Å². The largest absolute Gasteiger partial charge is 0.459 e. The summed E-state index contributed by atoms with van der Waals surface area (Å²) in [5.41, 5.74) is 3.31. The Kier molecular flexibility index (Phi) is 8.98. The Hall–Kier alpha value is -3.07. The van der Waals surface area contributed by atoms with Gasteiger partial charge in [-0.15, -0.1) is 0 Å². The van der Waals surface area contributed by atoms with Gasteiger partial charge in [0.1, 0.15) is 18.1 Å². The number of amides is 2. The van der Waals surface area contributed by atoms with Gasteiger partial charge < -0.3 is 19.7 Å². The van der Waals surface area contributed by atoms with E-state index < -0.39 is 23.9 Å². The number of furan rings is 1. The van der Waals surface area contributed by atoms with Crippen molar-refractivity contribution in [2.75, 3.05) is 6.61 Å². The van der Waals surface area contributed by atoms with Crippen molar-refractivity contribution in [1.29, 1.82) is 0 Å². The van der Waals surface area contributed by atoms with Crippen LogP contribution in [0.25, 0.3) is 11.6 Å². The van der Waals surface area contributed by atoms with E-state index in [1.165, 1.54) is 4.90 Å². The molecule has 2 aromatic heterocycles. The Morgan fingerprint density at radius 3 is 2.58 bits per heavy atom. The van der Waals surface area contributed by atoms with Gasteiger partial charge in [0.2, 0.25) is 11.8 Å². The van der Waals surface area contributed by atoms with Crippen LogP contribution in [0.5, 0.6) is 0 Å². The second-order valence-corrected chi connectivity index (χ2v) is 11.3. The van der Waals surface area contributed by atoms with Crippen LogP contribution in [0.3, 0.4) is 0 Å². The van der Waals surface area contributed by atoms with Crippen molar-refractivity contribution in [3.8, 4) is 0 Å². The molecule has 0 radical (unpaired) electrons. The lowest BCUT2D eigenvalue weighted by Gasteiger charge is -2.36. The third kappa shape index (κ3) is 5.57. The van der Waals surface area contributed by atoms with Gasteiger partial charge in [0, 0.05) is 18.2 Å². The lowest BCUT2D eigenvalue weighted by molar-refractivity contribution is -0.143. The summed E-state index contributed by atoms with van der Waals surface area (Å²) in [7, 11) is 0. The van der Waals surface area contributed by atoms with Crippen LogP contribution in [0, 0.1) is 17.8 Å². The van der Waals surface area contributed by atoms with Crippen LogP contribution in [0.2, 0.25) is 0 Å². The van der Waals surface area contributed by atoms with Crippen molar-refractivity contribution in [2.45, 2.75) is 83.5 Å². The van der Waals surface area contributed by atoms with Crippen molar-refractivity contribution >= 4 is 23.5 Å². The highest BCUT2D eigenvalue weighted by Crippen LogP contribution is 2.48. The van der Waals surface area contributed by atoms with Crippen LogP contribution in [-0.2, 0) is 16.2 Å². The van der Waals surface area contributed by atoms with E-state index in [0.717, 1.165) is 54.5 Å². The zero-order chi connectivity index (χ0) is 28.2. The number of hydrogen-bond acceptors (Lipinski definition) is 7. The van der Waals surface area contributed by atoms with Crippen LogP contribution in [-0.4, -0.2) is 55.8 Å². The van der Waals surface area contributed by atoms with Crippen LogP contribution < -0.4 is 0 Å². The van der Waals surface area contributed by atoms with Crippen molar-refractivity contribution in [1.82, 2.24) is 9.88 Å². The first kappa shape index (κ1) is 28.5. The van der Waals surface area contributed by atoms with Crippen LogP contribution in [0.15, 0.2) is 52.1 Å². The molecule has 8 nitrogen and oxygen atoms in total. The summed E-state index contributed by atoms with van der Waals surface area (Å²) in [6.45, 7) is 1.53. The lowest BCUT2D eigenvalue weighted by atomic mass is 9.67. The van der Waals surface area contributed by atoms with E-state index in [2.05, 4.69) is 4.98 Å². The second-order valence-electron chi connectivity index (χ2n) is 11.3. The number of rotatable bonds is 10. The molecule has 1 saturated heterocycles. The first-order valence-corrected chi connectivity index (χ1v) is 14.7. The molecule has 1 aliphatic heterocycles. The topological polar surface area (TPSA) is 124 Å². The molecular formula is C32H40N2O6. The van der Waals surface area contributed by atoms with Crippen LogP contribution in [0.4, 0.5) is 0 Å². The molecule has 3 N–H and O–H groups in total. The van der Waals surface area contributed by atoms with Gasteiger partial charge in [-0.25, -0.2) is 0 Å². The number of imide groups is 1. The molecule has 2 aromatic rings. The number of aromatic nitrogens is 1. The predicted molar refractivity (Wildman–Crippen MR) is 150 cm³/mol. The minimum Gasteiger partial charge on any atom is -0.459 e. The smallest absolute Gasteiger partial charge is 0.234 e. The molecule has 8 heteroatoms. The summed E-state index contributed by atoms with van der Waals surface area (Å²) in [5.74, 6) is -0.878. The molecule has 0 bridgehead atoms. The minimum absolute atomic E-state index is 0.0452. The number of aliphatic hydroxyl groups excluding tert-OH is 3. The highest BCUT2D eigenvalue weighted by atomic mass is 16.4. The fraction of sp³-hybridized carbons (Fsp3) is 0.531. The predicted octanol–water partition coefficient (Wildman–Crippen LogP) is 4.50. The molecule has 3 heterocycles. The Morgan fingerprint density at radius 2 is 1.93 bits per heavy atom. The summed E-state index contributed by atoms with van der Waals surface area (Å²) >= 11 is 0. The van der Waals surface area contributed by atoms with E-state index in [9.17, 15) is 24.9 Å². The molecule has 1 saturated carbocycles. The number of allylic oxidation sites excluding steroid dienone is 2. The Bertz CT molecular complexity index is 1260. The number of nitrogens with zero attached hydrogens (tertiary/aromatic N) is 2. The maximum absolute atomic E-state index is 13.7. The zero-order valence-corrected chi connectivity index (χ0v) is 23.2. The Balaban J connectivity index is 1.39. The summed E-state index contributed by atoms with van der Waals surface area (Å²) in [5, 5.41) is 31.5. The number of pyridine rings is 1. The highest BCUT2D eigenvalue weighted by molar-refractivity contribution is 6.06. The van der Waals surface area contributed by atoms with Crippen LogP contribution in [0.1, 0.15) is 81.9 Å². The van der Waals surface area contributed by atoms with Gasteiger partial charge in [0.25, 0.3) is 0 Å². The van der Waals surface area contributed by atoms with Gasteiger partial charge in [0.05, 0.1) is 30.2 Å². The maximum atomic E-state index is 13.7. The number of likely N-dealkylation sites (tertiary alicyclic amines) is 1. The molecule has 0 spiro atoms. The number of hydrogen-bond donors (Lipinski definition) is 3. The standard InChI is InChI=1S/C32H40N2O6/c1-2-20-17-25-30(32(39)34(31(25)38)22-8-4-3-5-9-22)26(19-36)29(20)28(37)14-11-21(27-10-6-7-15-33-27)16-23-12-13-24(18-35)40-23/h6-7,10,12-13,15-16,22,25-26,28,30,35-37H,2-5,8-9,11,14,17-19H2,1H3/b21-16-/t25-,26+,28-,30-/m1/s1. The second kappa shape index (κ2) is 12.6. The first-order chi connectivity index (χ1) is 19.5. The zero-order valence-electron chi connectivity index (χ0n) is 23.2. The molecule has 0 aromatic carbocycles. The highest BCUT2D eigenvalue weighted by Gasteiger charge is 2.56. The van der Waals surface area contributed by atoms with Crippen molar-refractivity contribution in [3.05, 3.63) is 64.9 Å². The minimum atomic E-state index is -0.878. The van der Waals surface area contributed by atoms with Gasteiger partial charge in [-0.1, -0.05) is 37.8 Å². The molecule has 0 unspecified atom stereocenters. The first-order valence-electron chi connectivity index (χ1n) is 14.7. The molecular weight excluding hydrogens is 508 g/mol. The average Bonchev–Trinajstić information content (AvgIpc) is 3.56. The average molecular weight is 549 g/mol. The molecule has 5 rings (SSSR count). The normalized spacial score (nSPS) is 25.1. The molecule has 40 heavy (non-hydrogen) atoms. The number of aliphatic hydroxyl groups is 3.